The Morgan fingerprint density at radius 1 is 1.32 bits per heavy atom. The molecule has 22 heavy (non-hydrogen) atoms. The summed E-state index contributed by atoms with van der Waals surface area (Å²) in [5, 5.41) is 2.84. The minimum atomic E-state index is -0.271. The standard InChI is InChI=1S/C17H23N3O2/c18-9-8-12-5-3-4-10-20(12)17(22)15-11-19-16(21)14-7-2-1-6-13(14)15/h1-2,6-7,12,15H,3-5,8-11,18H2,(H,19,21). The molecule has 2 atom stereocenters. The first-order chi connectivity index (χ1) is 10.7. The predicted molar refractivity (Wildman–Crippen MR) is 84.5 cm³/mol. The number of fused-ring (bicyclic) bond motifs is 1. The Labute approximate surface area is 130 Å². The van der Waals surface area contributed by atoms with Gasteiger partial charge < -0.3 is 16.0 Å². The van der Waals surface area contributed by atoms with Crippen LogP contribution in [0.25, 0.3) is 0 Å². The van der Waals surface area contributed by atoms with Crippen molar-refractivity contribution in [1.82, 2.24) is 10.2 Å². The Morgan fingerprint density at radius 2 is 2.14 bits per heavy atom. The second-order valence-electron chi connectivity index (χ2n) is 6.11. The lowest BCUT2D eigenvalue weighted by molar-refractivity contribution is -0.136. The van der Waals surface area contributed by atoms with Gasteiger partial charge in [-0.2, -0.15) is 0 Å². The van der Waals surface area contributed by atoms with Crippen molar-refractivity contribution in [1.29, 1.82) is 0 Å². The van der Waals surface area contributed by atoms with Crippen molar-refractivity contribution in [3.63, 3.8) is 0 Å². The first kappa shape index (κ1) is 15.0. The molecule has 118 valence electrons. The molecule has 3 rings (SSSR count). The van der Waals surface area contributed by atoms with Crippen molar-refractivity contribution in [2.45, 2.75) is 37.6 Å². The minimum Gasteiger partial charge on any atom is -0.351 e. The highest BCUT2D eigenvalue weighted by Gasteiger charge is 2.35. The lowest BCUT2D eigenvalue weighted by Gasteiger charge is -2.39. The molecule has 1 fully saturated rings. The molecule has 3 N–H and O–H groups in total. The number of amides is 2. The van der Waals surface area contributed by atoms with Gasteiger partial charge in [-0.15, -0.1) is 0 Å². The topological polar surface area (TPSA) is 75.4 Å². The summed E-state index contributed by atoms with van der Waals surface area (Å²) in [5.74, 6) is -0.227. The average molecular weight is 301 g/mol. The van der Waals surface area contributed by atoms with Crippen molar-refractivity contribution in [2.75, 3.05) is 19.6 Å². The van der Waals surface area contributed by atoms with E-state index >= 15 is 0 Å². The number of hydrogen-bond donors (Lipinski definition) is 2. The number of piperidine rings is 1. The summed E-state index contributed by atoms with van der Waals surface area (Å²) >= 11 is 0. The maximum atomic E-state index is 13.0. The third-order valence-corrected chi connectivity index (χ3v) is 4.76. The molecule has 0 radical (unpaired) electrons. The first-order valence-electron chi connectivity index (χ1n) is 8.10. The zero-order valence-corrected chi connectivity index (χ0v) is 12.8. The molecule has 1 aromatic carbocycles. The molecule has 1 aromatic rings. The van der Waals surface area contributed by atoms with Gasteiger partial charge in [0, 0.05) is 24.7 Å². The van der Waals surface area contributed by atoms with Crippen molar-refractivity contribution in [3.05, 3.63) is 35.4 Å². The van der Waals surface area contributed by atoms with E-state index in [2.05, 4.69) is 5.32 Å². The summed E-state index contributed by atoms with van der Waals surface area (Å²) in [6.45, 7) is 1.79. The maximum Gasteiger partial charge on any atom is 0.251 e. The van der Waals surface area contributed by atoms with Crippen LogP contribution in [0, 0.1) is 0 Å². The summed E-state index contributed by atoms with van der Waals surface area (Å²) in [7, 11) is 0. The fourth-order valence-electron chi connectivity index (χ4n) is 3.61. The molecule has 2 aliphatic rings. The van der Waals surface area contributed by atoms with Gasteiger partial charge in [0.1, 0.15) is 0 Å². The van der Waals surface area contributed by atoms with E-state index in [0.29, 0.717) is 18.7 Å². The van der Waals surface area contributed by atoms with E-state index in [1.54, 1.807) is 6.07 Å². The lowest BCUT2D eigenvalue weighted by Crippen LogP contribution is -2.50. The summed E-state index contributed by atoms with van der Waals surface area (Å²) in [6.07, 6.45) is 4.09. The van der Waals surface area contributed by atoms with Crippen molar-refractivity contribution < 1.29 is 9.59 Å². The molecule has 2 heterocycles. The number of carbonyl (C=O) groups excluding carboxylic acids is 2. The van der Waals surface area contributed by atoms with Gasteiger partial charge in [-0.1, -0.05) is 18.2 Å². The molecule has 2 aliphatic heterocycles. The summed E-state index contributed by atoms with van der Waals surface area (Å²) in [4.78, 5) is 27.0. The second-order valence-corrected chi connectivity index (χ2v) is 6.11. The van der Waals surface area contributed by atoms with Gasteiger partial charge >= 0.3 is 0 Å². The van der Waals surface area contributed by atoms with Gasteiger partial charge in [0.15, 0.2) is 0 Å². The van der Waals surface area contributed by atoms with E-state index < -0.39 is 0 Å². The Hall–Kier alpha value is -1.88. The molecule has 1 saturated heterocycles. The highest BCUT2D eigenvalue weighted by molar-refractivity contribution is 6.00. The number of carbonyl (C=O) groups is 2. The largest absolute Gasteiger partial charge is 0.351 e. The van der Waals surface area contributed by atoms with Gasteiger partial charge in [-0.25, -0.2) is 0 Å². The Morgan fingerprint density at radius 3 is 2.95 bits per heavy atom. The van der Waals surface area contributed by atoms with Crippen LogP contribution in [0.4, 0.5) is 0 Å². The first-order valence-corrected chi connectivity index (χ1v) is 8.10. The van der Waals surface area contributed by atoms with E-state index in [9.17, 15) is 9.59 Å². The maximum absolute atomic E-state index is 13.0. The quantitative estimate of drug-likeness (QED) is 0.882. The number of nitrogens with one attached hydrogen (secondary N) is 1. The van der Waals surface area contributed by atoms with E-state index in [1.165, 1.54) is 0 Å². The van der Waals surface area contributed by atoms with Crippen LogP contribution in [0.3, 0.4) is 0 Å². The van der Waals surface area contributed by atoms with Gasteiger partial charge in [0.05, 0.1) is 5.92 Å². The van der Waals surface area contributed by atoms with E-state index in [-0.39, 0.29) is 23.8 Å². The molecule has 5 heteroatoms. The zero-order valence-electron chi connectivity index (χ0n) is 12.8. The third kappa shape index (κ3) is 2.73. The van der Waals surface area contributed by atoms with Crippen LogP contribution in [0.5, 0.6) is 0 Å². The van der Waals surface area contributed by atoms with Crippen LogP contribution in [-0.2, 0) is 4.79 Å². The summed E-state index contributed by atoms with van der Waals surface area (Å²) < 4.78 is 0. The van der Waals surface area contributed by atoms with E-state index in [4.69, 9.17) is 5.73 Å². The number of hydrogen-bond acceptors (Lipinski definition) is 3. The Kier molecular flexibility index (Phi) is 4.43. The summed E-state index contributed by atoms with van der Waals surface area (Å²) in [5.41, 5.74) is 7.18. The van der Waals surface area contributed by atoms with E-state index in [1.807, 2.05) is 23.1 Å². The summed E-state index contributed by atoms with van der Waals surface area (Å²) in [6, 6.07) is 7.67. The van der Waals surface area contributed by atoms with Crippen LogP contribution in [0.15, 0.2) is 24.3 Å². The SMILES string of the molecule is NCCC1CCCCN1C(=O)C1CNC(=O)c2ccccc21. The average Bonchev–Trinajstić information content (AvgIpc) is 2.56. The predicted octanol–water partition coefficient (Wildman–Crippen LogP) is 1.24. The van der Waals surface area contributed by atoms with Crippen LogP contribution >= 0.6 is 0 Å². The highest BCUT2D eigenvalue weighted by Crippen LogP contribution is 2.29. The number of nitrogens with zero attached hydrogens (tertiary/aromatic N) is 1. The van der Waals surface area contributed by atoms with E-state index in [0.717, 1.165) is 37.8 Å². The van der Waals surface area contributed by atoms with Gasteiger partial charge in [0.25, 0.3) is 5.91 Å². The van der Waals surface area contributed by atoms with Crippen molar-refractivity contribution in [2.24, 2.45) is 5.73 Å². The molecule has 5 nitrogen and oxygen atoms in total. The molecule has 0 aromatic heterocycles. The molecule has 0 spiro atoms. The molecule has 0 saturated carbocycles. The van der Waals surface area contributed by atoms with Crippen molar-refractivity contribution in [3.8, 4) is 0 Å². The third-order valence-electron chi connectivity index (χ3n) is 4.76. The highest BCUT2D eigenvalue weighted by atomic mass is 16.2. The number of likely N-dealkylation sites (tertiary alicyclic amines) is 1. The molecule has 0 bridgehead atoms. The fraction of sp³-hybridized carbons (Fsp3) is 0.529. The Bertz CT molecular complexity index is 571. The second kappa shape index (κ2) is 6.48. The molecular formula is C17H23N3O2. The smallest absolute Gasteiger partial charge is 0.251 e. The fourth-order valence-corrected chi connectivity index (χ4v) is 3.61. The normalized spacial score (nSPS) is 24.6. The number of nitrogens with two attached hydrogens (primary N) is 1. The van der Waals surface area contributed by atoms with Gasteiger partial charge in [-0.05, 0) is 43.9 Å². The zero-order chi connectivity index (χ0) is 15.5. The molecule has 2 unspecified atom stereocenters. The lowest BCUT2D eigenvalue weighted by atomic mass is 9.87. The monoisotopic (exact) mass is 301 g/mol. The van der Waals surface area contributed by atoms with Crippen LogP contribution in [0.2, 0.25) is 0 Å². The van der Waals surface area contributed by atoms with Crippen molar-refractivity contribution >= 4 is 11.8 Å². The molecule has 2 amide bonds. The van der Waals surface area contributed by atoms with Crippen LogP contribution < -0.4 is 11.1 Å². The number of benzene rings is 1. The van der Waals surface area contributed by atoms with Crippen LogP contribution in [0.1, 0.15) is 47.5 Å². The Balaban J connectivity index is 1.85. The van der Waals surface area contributed by atoms with Crippen LogP contribution in [-0.4, -0.2) is 42.4 Å². The molecular weight excluding hydrogens is 278 g/mol. The molecule has 0 aliphatic carbocycles. The van der Waals surface area contributed by atoms with Gasteiger partial charge in [0.2, 0.25) is 5.91 Å². The van der Waals surface area contributed by atoms with Gasteiger partial charge in [-0.3, -0.25) is 9.59 Å². The minimum absolute atomic E-state index is 0.0863. The number of rotatable bonds is 3.